The smallest absolute Gasteiger partial charge is 0.305 e. The average Bonchev–Trinajstić information content (AvgIpc) is 1.94. The Kier molecular flexibility index (Phi) is 5.85. The molecule has 0 saturated heterocycles. The van der Waals surface area contributed by atoms with Crippen molar-refractivity contribution in [3.63, 3.8) is 0 Å². The van der Waals surface area contributed by atoms with Crippen LogP contribution in [0.5, 0.6) is 0 Å². The van der Waals surface area contributed by atoms with E-state index in [2.05, 4.69) is 33.9 Å². The van der Waals surface area contributed by atoms with Gasteiger partial charge >= 0.3 is 5.97 Å². The van der Waals surface area contributed by atoms with Crippen LogP contribution in [-0.4, -0.2) is 45.0 Å². The fourth-order valence-corrected chi connectivity index (χ4v) is 4.10. The third-order valence-corrected chi connectivity index (χ3v) is 9.13. The Labute approximate surface area is 112 Å². The van der Waals surface area contributed by atoms with Gasteiger partial charge in [0, 0.05) is 6.16 Å². The first-order chi connectivity index (χ1) is 7.74. The first-order valence-corrected chi connectivity index (χ1v) is 11.9. The van der Waals surface area contributed by atoms with Gasteiger partial charge in [-0.2, -0.15) is 0 Å². The molecule has 4 nitrogen and oxygen atoms in total. The van der Waals surface area contributed by atoms with E-state index in [1.54, 1.807) is 13.3 Å². The van der Waals surface area contributed by atoms with Crippen molar-refractivity contribution in [3.8, 4) is 0 Å². The average molecular weight is 294 g/mol. The van der Waals surface area contributed by atoms with Gasteiger partial charge in [0.1, 0.15) is 0 Å². The van der Waals surface area contributed by atoms with Gasteiger partial charge in [0.05, 0.1) is 19.7 Å². The van der Waals surface area contributed by atoms with E-state index >= 15 is 0 Å². The lowest BCUT2D eigenvalue weighted by atomic mass is 10.2. The third kappa shape index (κ3) is 6.71. The van der Waals surface area contributed by atoms with Gasteiger partial charge in [0.2, 0.25) is 0 Å². The van der Waals surface area contributed by atoms with E-state index in [0.717, 1.165) is 0 Å². The third-order valence-electron chi connectivity index (χ3n) is 3.31. The van der Waals surface area contributed by atoms with Crippen LogP contribution < -0.4 is 0 Å². The SMILES string of the molecule is CC(C)(C)[Si](C)(C)O[C@@H](CC(=O)O)CP(C)(C)=O. The Morgan fingerprint density at radius 2 is 1.78 bits per heavy atom. The van der Waals surface area contributed by atoms with Crippen LogP contribution >= 0.6 is 7.14 Å². The van der Waals surface area contributed by atoms with Gasteiger partial charge in [0.15, 0.2) is 8.32 Å². The summed E-state index contributed by atoms with van der Waals surface area (Å²) in [5.41, 5.74) is 0. The van der Waals surface area contributed by atoms with Gasteiger partial charge in [-0.05, 0) is 31.5 Å². The van der Waals surface area contributed by atoms with Gasteiger partial charge in [-0.25, -0.2) is 0 Å². The standard InChI is InChI=1S/C12H27O4PSi/c1-12(2,3)18(6,7)16-10(8-11(13)14)9-17(4,5)15/h10H,8-9H2,1-7H3,(H,13,14)/t10-/m0/s1. The van der Waals surface area contributed by atoms with Crippen molar-refractivity contribution in [1.82, 2.24) is 0 Å². The number of hydrogen-bond acceptors (Lipinski definition) is 3. The summed E-state index contributed by atoms with van der Waals surface area (Å²) in [6, 6.07) is 0. The van der Waals surface area contributed by atoms with Gasteiger partial charge in [-0.1, -0.05) is 20.8 Å². The predicted molar refractivity (Wildman–Crippen MR) is 78.6 cm³/mol. The minimum Gasteiger partial charge on any atom is -0.481 e. The number of carboxylic acids is 1. The minimum absolute atomic E-state index is 0.0230. The van der Waals surface area contributed by atoms with Crippen molar-refractivity contribution in [1.29, 1.82) is 0 Å². The maximum Gasteiger partial charge on any atom is 0.305 e. The molecule has 1 N–H and O–H groups in total. The predicted octanol–water partition coefficient (Wildman–Crippen LogP) is 3.47. The maximum absolute atomic E-state index is 11.9. The molecule has 0 saturated carbocycles. The molecule has 6 heteroatoms. The molecular weight excluding hydrogens is 267 g/mol. The largest absolute Gasteiger partial charge is 0.481 e. The zero-order valence-electron chi connectivity index (χ0n) is 12.6. The van der Waals surface area contributed by atoms with Gasteiger partial charge in [-0.15, -0.1) is 0 Å². The first-order valence-electron chi connectivity index (χ1n) is 6.18. The molecule has 0 aromatic carbocycles. The summed E-state index contributed by atoms with van der Waals surface area (Å²) in [7, 11) is -4.30. The van der Waals surface area contributed by atoms with E-state index < -0.39 is 27.5 Å². The molecule has 0 aliphatic carbocycles. The summed E-state index contributed by atoms with van der Waals surface area (Å²) in [5, 5.41) is 8.95. The van der Waals surface area contributed by atoms with E-state index in [1.165, 1.54) is 0 Å². The zero-order valence-corrected chi connectivity index (χ0v) is 14.5. The van der Waals surface area contributed by atoms with E-state index in [9.17, 15) is 9.36 Å². The molecule has 108 valence electrons. The Hall–Kier alpha value is -0.123. The highest BCUT2D eigenvalue weighted by Crippen LogP contribution is 2.42. The van der Waals surface area contributed by atoms with Crippen LogP contribution in [0.3, 0.4) is 0 Å². The molecule has 0 aromatic rings. The molecule has 0 spiro atoms. The highest BCUT2D eigenvalue weighted by atomic mass is 31.2. The van der Waals surface area contributed by atoms with Crippen LogP contribution in [0.25, 0.3) is 0 Å². The van der Waals surface area contributed by atoms with Crippen LogP contribution in [-0.2, 0) is 13.8 Å². The highest BCUT2D eigenvalue weighted by molar-refractivity contribution is 7.62. The summed E-state index contributed by atoms with van der Waals surface area (Å²) in [6.07, 6.45) is -0.173. The first kappa shape index (κ1) is 17.9. The summed E-state index contributed by atoms with van der Waals surface area (Å²) in [4.78, 5) is 10.9. The molecule has 18 heavy (non-hydrogen) atoms. The molecule has 0 fully saturated rings. The summed E-state index contributed by atoms with van der Waals surface area (Å²) in [6.45, 7) is 13.8. The molecule has 0 heterocycles. The topological polar surface area (TPSA) is 63.6 Å². The molecule has 0 aromatic heterocycles. The van der Waals surface area contributed by atoms with Crippen molar-refractivity contribution in [2.45, 2.75) is 51.4 Å². The van der Waals surface area contributed by atoms with Crippen LogP contribution in [0.2, 0.25) is 18.1 Å². The van der Waals surface area contributed by atoms with E-state index in [-0.39, 0.29) is 11.5 Å². The summed E-state index contributed by atoms with van der Waals surface area (Å²) >= 11 is 0. The second-order valence-corrected chi connectivity index (χ2v) is 15.1. The number of aliphatic carboxylic acids is 1. The second-order valence-electron chi connectivity index (χ2n) is 6.85. The van der Waals surface area contributed by atoms with Crippen molar-refractivity contribution >= 4 is 21.4 Å². The van der Waals surface area contributed by atoms with Crippen LogP contribution in [0, 0.1) is 0 Å². The monoisotopic (exact) mass is 294 g/mol. The number of rotatable bonds is 6. The molecule has 0 rings (SSSR count). The van der Waals surface area contributed by atoms with Crippen LogP contribution in [0.1, 0.15) is 27.2 Å². The second kappa shape index (κ2) is 5.89. The molecule has 0 radical (unpaired) electrons. The lowest BCUT2D eigenvalue weighted by Crippen LogP contribution is -2.45. The van der Waals surface area contributed by atoms with E-state index in [1.807, 2.05) is 0 Å². The van der Waals surface area contributed by atoms with Crippen LogP contribution in [0.4, 0.5) is 0 Å². The fraction of sp³-hybridized carbons (Fsp3) is 0.917. The minimum atomic E-state index is -2.28. The van der Waals surface area contributed by atoms with Crippen LogP contribution in [0.15, 0.2) is 0 Å². The molecule has 1 atom stereocenters. The Morgan fingerprint density at radius 1 is 1.33 bits per heavy atom. The van der Waals surface area contributed by atoms with E-state index in [4.69, 9.17) is 9.53 Å². The molecule has 0 aliphatic heterocycles. The lowest BCUT2D eigenvalue weighted by molar-refractivity contribution is -0.138. The Balaban J connectivity index is 4.90. The molecule has 0 amide bonds. The quantitative estimate of drug-likeness (QED) is 0.602. The Morgan fingerprint density at radius 3 is 2.06 bits per heavy atom. The lowest BCUT2D eigenvalue weighted by Gasteiger charge is -2.39. The van der Waals surface area contributed by atoms with Crippen molar-refractivity contribution in [3.05, 3.63) is 0 Å². The summed E-state index contributed by atoms with van der Waals surface area (Å²) in [5.74, 6) is -0.896. The normalized spacial score (nSPS) is 15.5. The van der Waals surface area contributed by atoms with Gasteiger partial charge in [-0.3, -0.25) is 4.79 Å². The number of hydrogen-bond donors (Lipinski definition) is 1. The molecule has 0 unspecified atom stereocenters. The number of carbonyl (C=O) groups is 1. The fourth-order valence-electron chi connectivity index (χ4n) is 1.42. The molecule has 0 bridgehead atoms. The molecular formula is C12H27O4PSi. The highest BCUT2D eigenvalue weighted by Gasteiger charge is 2.40. The molecule has 0 aliphatic rings. The summed E-state index contributed by atoms with van der Waals surface area (Å²) < 4.78 is 18.0. The van der Waals surface area contributed by atoms with Crippen molar-refractivity contribution < 1.29 is 18.9 Å². The van der Waals surface area contributed by atoms with E-state index in [0.29, 0.717) is 6.16 Å². The van der Waals surface area contributed by atoms with Gasteiger partial charge in [0.25, 0.3) is 0 Å². The van der Waals surface area contributed by atoms with Gasteiger partial charge < -0.3 is 14.1 Å². The van der Waals surface area contributed by atoms with Crippen molar-refractivity contribution in [2.75, 3.05) is 19.5 Å². The van der Waals surface area contributed by atoms with Crippen molar-refractivity contribution in [2.24, 2.45) is 0 Å². The zero-order chi connectivity index (χ0) is 14.8. The Bertz CT molecular complexity index is 340. The number of carboxylic acid groups (broad SMARTS) is 1. The maximum atomic E-state index is 11.9.